The SMILES string of the molecule is CC(C)(C)c1ccc([S+](c2ccc(C(C)(C)C)cc2)c2ccc(C(C)(C)C)cc2)cc1.O=S1(=O)[N-]CC(F)(F)C(F)(F)C1(F)F. The molecule has 1 saturated heterocycles. The Bertz CT molecular complexity index is 1430. The van der Waals surface area contributed by atoms with E-state index in [-0.39, 0.29) is 27.1 Å². The number of sulfonamides is 1. The Balaban J connectivity index is 0.000000330. The van der Waals surface area contributed by atoms with Crippen LogP contribution in [-0.2, 0) is 37.2 Å². The molecule has 0 N–H and O–H groups in total. The van der Waals surface area contributed by atoms with Crippen molar-refractivity contribution in [1.82, 2.24) is 0 Å². The zero-order valence-electron chi connectivity index (χ0n) is 27.0. The molecule has 4 rings (SSSR count). The summed E-state index contributed by atoms with van der Waals surface area (Å²) in [5.41, 5.74) is 4.64. The maximum atomic E-state index is 12.3. The molecular formula is C34H41F6NO2S2. The third-order valence-electron chi connectivity index (χ3n) is 7.45. The number of alkyl halides is 6. The second-order valence-electron chi connectivity index (χ2n) is 14.2. The maximum absolute atomic E-state index is 12.3. The normalized spacial score (nSPS) is 19.0. The summed E-state index contributed by atoms with van der Waals surface area (Å²) < 4.78 is 96.2. The lowest BCUT2D eigenvalue weighted by atomic mass is 9.87. The van der Waals surface area contributed by atoms with Gasteiger partial charge in [0.05, 0.1) is 10.9 Å². The largest absolute Gasteiger partial charge is 0.539 e. The highest BCUT2D eigenvalue weighted by Gasteiger charge is 2.76. The Morgan fingerprint density at radius 3 is 1.04 bits per heavy atom. The first-order valence-corrected chi connectivity index (χ1v) is 17.0. The molecule has 0 spiro atoms. The molecule has 0 atom stereocenters. The van der Waals surface area contributed by atoms with Crippen LogP contribution in [0, 0.1) is 0 Å². The van der Waals surface area contributed by atoms with Gasteiger partial charge < -0.3 is 4.72 Å². The zero-order chi connectivity index (χ0) is 34.4. The summed E-state index contributed by atoms with van der Waals surface area (Å²) in [6.07, 6.45) is 0. The van der Waals surface area contributed by atoms with E-state index in [1.165, 1.54) is 31.4 Å². The quantitative estimate of drug-likeness (QED) is 0.205. The van der Waals surface area contributed by atoms with Crippen LogP contribution in [0.1, 0.15) is 79.0 Å². The van der Waals surface area contributed by atoms with E-state index in [9.17, 15) is 34.8 Å². The Kier molecular flexibility index (Phi) is 10.1. The molecule has 1 aliphatic heterocycles. The second kappa shape index (κ2) is 12.3. The number of hydrogen-bond acceptors (Lipinski definition) is 2. The summed E-state index contributed by atoms with van der Waals surface area (Å²) in [5.74, 6) is -11.1. The van der Waals surface area contributed by atoms with E-state index in [0.29, 0.717) is 0 Å². The molecule has 1 fully saturated rings. The molecule has 0 aromatic heterocycles. The highest BCUT2D eigenvalue weighted by molar-refractivity contribution is 7.97. The average Bonchev–Trinajstić information content (AvgIpc) is 2.91. The predicted molar refractivity (Wildman–Crippen MR) is 170 cm³/mol. The molecule has 0 unspecified atom stereocenters. The molecule has 3 nitrogen and oxygen atoms in total. The summed E-state index contributed by atoms with van der Waals surface area (Å²) >= 11 is 0. The molecule has 0 saturated carbocycles. The fourth-order valence-corrected chi connectivity index (χ4v) is 7.41. The lowest BCUT2D eigenvalue weighted by Crippen LogP contribution is -2.62. The second-order valence-corrected chi connectivity index (χ2v) is 17.9. The standard InChI is InChI=1S/C30H39S.C4H2F6NO2S/c1-28(2,3)22-10-16-25(17-11-22)31(26-18-12-23(13-19-26)29(4,5)6)27-20-14-24(15-21-27)30(7,8)9;5-2(6)1-11-14(12,13)4(9,10)3(2,7)8/h10-21H,1-9H3;1H2/q+1;-1. The summed E-state index contributed by atoms with van der Waals surface area (Å²) in [6.45, 7) is 18.3. The first kappa shape index (κ1) is 37.0. The van der Waals surface area contributed by atoms with Gasteiger partial charge >= 0.3 is 11.2 Å². The van der Waals surface area contributed by atoms with Crippen molar-refractivity contribution in [2.45, 2.75) is 110 Å². The summed E-state index contributed by atoms with van der Waals surface area (Å²) in [4.78, 5) is 4.13. The first-order chi connectivity index (χ1) is 20.2. The number of rotatable bonds is 3. The highest BCUT2D eigenvalue weighted by atomic mass is 32.2. The Morgan fingerprint density at radius 1 is 0.556 bits per heavy atom. The smallest absolute Gasteiger partial charge is 0.397 e. The van der Waals surface area contributed by atoms with Crippen molar-refractivity contribution in [2.24, 2.45) is 0 Å². The minimum atomic E-state index is -5.94. The van der Waals surface area contributed by atoms with Crippen LogP contribution in [0.15, 0.2) is 87.5 Å². The van der Waals surface area contributed by atoms with E-state index >= 15 is 0 Å². The number of hydrogen-bond donors (Lipinski definition) is 0. The van der Waals surface area contributed by atoms with Crippen LogP contribution in [-0.4, -0.2) is 32.1 Å². The fourth-order valence-electron chi connectivity index (χ4n) is 4.40. The summed E-state index contributed by atoms with van der Waals surface area (Å²) in [6, 6.07) is 27.8. The van der Waals surface area contributed by atoms with Crippen molar-refractivity contribution in [3.63, 3.8) is 0 Å². The molecular weight excluding hydrogens is 633 g/mol. The van der Waals surface area contributed by atoms with E-state index in [2.05, 4.69) is 135 Å². The van der Waals surface area contributed by atoms with Gasteiger partial charge in [0, 0.05) is 0 Å². The summed E-state index contributed by atoms with van der Waals surface area (Å²) in [7, 11) is -6.00. The topological polar surface area (TPSA) is 48.2 Å². The van der Waals surface area contributed by atoms with Gasteiger partial charge in [0.25, 0.3) is 5.92 Å². The van der Waals surface area contributed by atoms with Gasteiger partial charge in [-0.2, -0.15) is 17.6 Å². The molecule has 0 radical (unpaired) electrons. The Morgan fingerprint density at radius 2 is 0.822 bits per heavy atom. The van der Waals surface area contributed by atoms with Gasteiger partial charge in [0.15, 0.2) is 14.7 Å². The van der Waals surface area contributed by atoms with Gasteiger partial charge in [0.2, 0.25) is 0 Å². The molecule has 1 aliphatic rings. The molecule has 0 bridgehead atoms. The lowest BCUT2D eigenvalue weighted by Gasteiger charge is -2.43. The van der Waals surface area contributed by atoms with E-state index in [4.69, 9.17) is 0 Å². The van der Waals surface area contributed by atoms with Crippen molar-refractivity contribution in [3.05, 3.63) is 94.2 Å². The molecule has 1 heterocycles. The molecule has 3 aromatic carbocycles. The first-order valence-electron chi connectivity index (χ1n) is 14.4. The minimum Gasteiger partial charge on any atom is -0.539 e. The van der Waals surface area contributed by atoms with Crippen LogP contribution in [0.4, 0.5) is 26.3 Å². The number of halogens is 6. The van der Waals surface area contributed by atoms with Crippen LogP contribution in [0.3, 0.4) is 0 Å². The highest BCUT2D eigenvalue weighted by Crippen LogP contribution is 2.54. The van der Waals surface area contributed by atoms with E-state index in [1.807, 2.05) is 4.72 Å². The predicted octanol–water partition coefficient (Wildman–Crippen LogP) is 10.2. The maximum Gasteiger partial charge on any atom is 0.397 e. The lowest BCUT2D eigenvalue weighted by molar-refractivity contribution is -0.276. The third-order valence-corrected chi connectivity index (χ3v) is 11.1. The van der Waals surface area contributed by atoms with Crippen LogP contribution in [0.5, 0.6) is 0 Å². The van der Waals surface area contributed by atoms with Gasteiger partial charge in [-0.05, 0) is 69.3 Å². The Labute approximate surface area is 266 Å². The molecule has 0 aliphatic carbocycles. The van der Waals surface area contributed by atoms with E-state index in [0.717, 1.165) is 0 Å². The Hall–Kier alpha value is -2.50. The van der Waals surface area contributed by atoms with Crippen LogP contribution < -0.4 is 0 Å². The van der Waals surface area contributed by atoms with Crippen LogP contribution >= 0.6 is 0 Å². The molecule has 248 valence electrons. The third kappa shape index (κ3) is 7.73. The van der Waals surface area contributed by atoms with Crippen molar-refractivity contribution >= 4 is 20.9 Å². The van der Waals surface area contributed by atoms with Gasteiger partial charge in [-0.1, -0.05) is 105 Å². The fraction of sp³-hybridized carbons (Fsp3) is 0.471. The average molecular weight is 674 g/mol. The molecule has 3 aromatic rings. The van der Waals surface area contributed by atoms with Crippen molar-refractivity contribution < 1.29 is 34.8 Å². The van der Waals surface area contributed by atoms with E-state index < -0.39 is 33.7 Å². The molecule has 0 amide bonds. The monoisotopic (exact) mass is 673 g/mol. The summed E-state index contributed by atoms with van der Waals surface area (Å²) in [5, 5.41) is -5.87. The van der Waals surface area contributed by atoms with Crippen LogP contribution in [0.25, 0.3) is 4.72 Å². The van der Waals surface area contributed by atoms with Gasteiger partial charge in [0.1, 0.15) is 10.0 Å². The van der Waals surface area contributed by atoms with E-state index in [1.54, 1.807) is 0 Å². The number of benzene rings is 3. The van der Waals surface area contributed by atoms with Crippen molar-refractivity contribution in [2.75, 3.05) is 6.54 Å². The van der Waals surface area contributed by atoms with Crippen LogP contribution in [0.2, 0.25) is 0 Å². The minimum absolute atomic E-state index is 0.120. The van der Waals surface area contributed by atoms with Crippen molar-refractivity contribution in [3.8, 4) is 0 Å². The molecule has 45 heavy (non-hydrogen) atoms. The van der Waals surface area contributed by atoms with Gasteiger partial charge in [-0.3, -0.25) is 0 Å². The van der Waals surface area contributed by atoms with Crippen molar-refractivity contribution in [1.29, 1.82) is 0 Å². The number of nitrogens with zero attached hydrogens (tertiary/aromatic N) is 1. The van der Waals surface area contributed by atoms with Gasteiger partial charge in [-0.15, -0.1) is 0 Å². The molecule has 11 heteroatoms. The van der Waals surface area contributed by atoms with Gasteiger partial charge in [-0.25, -0.2) is 17.2 Å². The zero-order valence-corrected chi connectivity index (χ0v) is 28.6.